The van der Waals surface area contributed by atoms with E-state index in [4.69, 9.17) is 4.74 Å². The number of cyclic esters (lactones) is 1. The van der Waals surface area contributed by atoms with Crippen molar-refractivity contribution in [2.45, 2.75) is 50.5 Å². The highest BCUT2D eigenvalue weighted by molar-refractivity contribution is 5.98. The lowest BCUT2D eigenvalue weighted by Crippen LogP contribution is -2.46. The second-order valence-electron chi connectivity index (χ2n) is 5.96. The Labute approximate surface area is 119 Å². The predicted molar refractivity (Wildman–Crippen MR) is 75.0 cm³/mol. The first-order chi connectivity index (χ1) is 9.71. The lowest BCUT2D eigenvalue weighted by molar-refractivity contribution is -0.181. The topological polar surface area (TPSA) is 43.4 Å². The van der Waals surface area contributed by atoms with Crippen molar-refractivity contribution >= 4 is 11.8 Å². The van der Waals surface area contributed by atoms with Crippen LogP contribution in [0, 0.1) is 5.92 Å². The third-order valence-electron chi connectivity index (χ3n) is 4.62. The van der Waals surface area contributed by atoms with Crippen LogP contribution in [-0.2, 0) is 19.9 Å². The molecule has 0 N–H and O–H groups in total. The number of ether oxygens (including phenoxy) is 1. The molecule has 1 heterocycles. The molecule has 1 unspecified atom stereocenters. The molecule has 1 aromatic rings. The van der Waals surface area contributed by atoms with Gasteiger partial charge in [-0.1, -0.05) is 49.6 Å². The fourth-order valence-electron chi connectivity index (χ4n) is 3.71. The van der Waals surface area contributed by atoms with Crippen LogP contribution in [0.15, 0.2) is 30.3 Å². The molecular formula is C17H20O3. The van der Waals surface area contributed by atoms with Gasteiger partial charge in [0, 0.05) is 5.92 Å². The van der Waals surface area contributed by atoms with Gasteiger partial charge in [0.05, 0.1) is 6.42 Å². The summed E-state index contributed by atoms with van der Waals surface area (Å²) in [6, 6.07) is 9.82. The van der Waals surface area contributed by atoms with Crippen LogP contribution in [0.5, 0.6) is 0 Å². The van der Waals surface area contributed by atoms with Crippen LogP contribution < -0.4 is 0 Å². The maximum absolute atomic E-state index is 12.0. The highest BCUT2D eigenvalue weighted by atomic mass is 16.6. The zero-order chi connectivity index (χ0) is 14.0. The molecule has 1 atom stereocenters. The molecule has 3 rings (SSSR count). The first-order valence-electron chi connectivity index (χ1n) is 7.50. The van der Waals surface area contributed by atoms with Gasteiger partial charge in [0.1, 0.15) is 17.8 Å². The first-order valence-corrected chi connectivity index (χ1v) is 7.50. The fraction of sp³-hybridized carbons (Fsp3) is 0.529. The van der Waals surface area contributed by atoms with Crippen molar-refractivity contribution in [1.82, 2.24) is 0 Å². The molecule has 0 aromatic heterocycles. The molecule has 3 nitrogen and oxygen atoms in total. The number of hydrogen-bond donors (Lipinski definition) is 0. The van der Waals surface area contributed by atoms with Gasteiger partial charge < -0.3 is 4.74 Å². The summed E-state index contributed by atoms with van der Waals surface area (Å²) in [6.07, 6.45) is 5.90. The Morgan fingerprint density at radius 2 is 1.70 bits per heavy atom. The van der Waals surface area contributed by atoms with E-state index >= 15 is 0 Å². The molecule has 0 amide bonds. The number of esters is 1. The number of hydrogen-bond acceptors (Lipinski definition) is 3. The van der Waals surface area contributed by atoms with E-state index in [2.05, 4.69) is 0 Å². The van der Waals surface area contributed by atoms with Crippen molar-refractivity contribution < 1.29 is 14.3 Å². The Morgan fingerprint density at radius 1 is 1.00 bits per heavy atom. The molecule has 2 aliphatic rings. The monoisotopic (exact) mass is 272 g/mol. The van der Waals surface area contributed by atoms with Crippen LogP contribution in [0.25, 0.3) is 0 Å². The zero-order valence-electron chi connectivity index (χ0n) is 11.6. The molecule has 0 spiro atoms. The molecular weight excluding hydrogens is 252 g/mol. The lowest BCUT2D eigenvalue weighted by Gasteiger charge is -2.44. The summed E-state index contributed by atoms with van der Waals surface area (Å²) < 4.78 is 5.81. The van der Waals surface area contributed by atoms with E-state index in [1.807, 2.05) is 30.3 Å². The minimum absolute atomic E-state index is 0.00989. The van der Waals surface area contributed by atoms with Gasteiger partial charge in [0.15, 0.2) is 0 Å². The summed E-state index contributed by atoms with van der Waals surface area (Å²) in [5.41, 5.74) is 0.266. The normalized spacial score (nSPS) is 28.2. The van der Waals surface area contributed by atoms with E-state index in [-0.39, 0.29) is 24.1 Å². The molecule has 1 saturated heterocycles. The average molecular weight is 272 g/mol. The van der Waals surface area contributed by atoms with Gasteiger partial charge in [0.25, 0.3) is 0 Å². The van der Waals surface area contributed by atoms with Crippen molar-refractivity contribution in [2.24, 2.45) is 5.92 Å². The minimum Gasteiger partial charge on any atom is -0.453 e. The van der Waals surface area contributed by atoms with E-state index in [1.165, 1.54) is 6.42 Å². The van der Waals surface area contributed by atoms with Crippen LogP contribution in [0.4, 0.5) is 0 Å². The second-order valence-corrected chi connectivity index (χ2v) is 5.96. The van der Waals surface area contributed by atoms with Crippen molar-refractivity contribution in [1.29, 1.82) is 0 Å². The quantitative estimate of drug-likeness (QED) is 0.612. The van der Waals surface area contributed by atoms with Gasteiger partial charge in [-0.3, -0.25) is 9.59 Å². The molecule has 0 bridgehead atoms. The maximum Gasteiger partial charge on any atom is 0.314 e. The van der Waals surface area contributed by atoms with Crippen molar-refractivity contribution in [3.8, 4) is 0 Å². The standard InChI is InChI=1S/C17H20O3/c18-15-11-16(19)20-17(12-15,13-7-3-1-4-8-13)14-9-5-2-6-10-14/h1,3-4,7-8,14H,2,5-6,9-12H2. The summed E-state index contributed by atoms with van der Waals surface area (Å²) in [5.74, 6) is -0.0850. The average Bonchev–Trinajstić information content (AvgIpc) is 2.48. The van der Waals surface area contributed by atoms with Crippen molar-refractivity contribution in [3.05, 3.63) is 35.9 Å². The maximum atomic E-state index is 12.0. The third kappa shape index (κ3) is 2.37. The zero-order valence-corrected chi connectivity index (χ0v) is 11.6. The molecule has 1 aliphatic carbocycles. The molecule has 1 aromatic carbocycles. The summed E-state index contributed by atoms with van der Waals surface area (Å²) in [5, 5.41) is 0. The Balaban J connectivity index is 2.02. The van der Waals surface area contributed by atoms with E-state index in [0.717, 1.165) is 31.2 Å². The number of carbonyl (C=O) groups is 2. The molecule has 1 saturated carbocycles. The Hall–Kier alpha value is -1.64. The highest BCUT2D eigenvalue weighted by Gasteiger charge is 2.48. The molecule has 3 heteroatoms. The van der Waals surface area contributed by atoms with E-state index < -0.39 is 5.60 Å². The summed E-state index contributed by atoms with van der Waals surface area (Å²) in [7, 11) is 0. The van der Waals surface area contributed by atoms with E-state index in [1.54, 1.807) is 0 Å². The van der Waals surface area contributed by atoms with Crippen molar-refractivity contribution in [2.75, 3.05) is 0 Å². The number of Topliss-reactive ketones (excluding diaryl/α,β-unsaturated/α-hetero) is 1. The number of carbonyl (C=O) groups excluding carboxylic acids is 2. The molecule has 2 fully saturated rings. The number of ketones is 1. The van der Waals surface area contributed by atoms with Gasteiger partial charge in [-0.25, -0.2) is 0 Å². The summed E-state index contributed by atoms with van der Waals surface area (Å²) >= 11 is 0. The lowest BCUT2D eigenvalue weighted by atomic mass is 9.70. The van der Waals surface area contributed by atoms with Crippen LogP contribution in [0.3, 0.4) is 0 Å². The minimum atomic E-state index is -0.714. The number of rotatable bonds is 2. The highest BCUT2D eigenvalue weighted by Crippen LogP contribution is 2.46. The first kappa shape index (κ1) is 13.3. The number of benzene rings is 1. The summed E-state index contributed by atoms with van der Waals surface area (Å²) in [4.78, 5) is 23.9. The third-order valence-corrected chi connectivity index (χ3v) is 4.62. The molecule has 20 heavy (non-hydrogen) atoms. The van der Waals surface area contributed by atoms with Gasteiger partial charge in [-0.2, -0.15) is 0 Å². The van der Waals surface area contributed by atoms with Crippen LogP contribution in [0.2, 0.25) is 0 Å². The Kier molecular flexibility index (Phi) is 3.60. The summed E-state index contributed by atoms with van der Waals surface area (Å²) in [6.45, 7) is 0. The SMILES string of the molecule is O=C1CC(=O)OC(c2ccccc2)(C2CCCCC2)C1. The van der Waals surface area contributed by atoms with Gasteiger partial charge >= 0.3 is 5.97 Å². The Morgan fingerprint density at radius 3 is 2.35 bits per heavy atom. The van der Waals surface area contributed by atoms with Crippen molar-refractivity contribution in [3.63, 3.8) is 0 Å². The predicted octanol–water partition coefficient (Wildman–Crippen LogP) is 3.37. The molecule has 106 valence electrons. The second kappa shape index (κ2) is 5.39. The van der Waals surface area contributed by atoms with E-state index in [0.29, 0.717) is 6.42 Å². The van der Waals surface area contributed by atoms with E-state index in [9.17, 15) is 9.59 Å². The smallest absolute Gasteiger partial charge is 0.314 e. The van der Waals surface area contributed by atoms with Gasteiger partial charge in [0.2, 0.25) is 0 Å². The Bertz CT molecular complexity index is 484. The van der Waals surface area contributed by atoms with Crippen LogP contribution in [-0.4, -0.2) is 11.8 Å². The molecule has 1 aliphatic heterocycles. The van der Waals surface area contributed by atoms with Crippen LogP contribution >= 0.6 is 0 Å². The van der Waals surface area contributed by atoms with Crippen LogP contribution in [0.1, 0.15) is 50.5 Å². The van der Waals surface area contributed by atoms with Gasteiger partial charge in [-0.05, 0) is 18.4 Å². The largest absolute Gasteiger partial charge is 0.453 e. The van der Waals surface area contributed by atoms with Gasteiger partial charge in [-0.15, -0.1) is 0 Å². The fourth-order valence-corrected chi connectivity index (χ4v) is 3.71. The molecule has 0 radical (unpaired) electrons.